The van der Waals surface area contributed by atoms with Gasteiger partial charge in [-0.15, -0.1) is 0 Å². The predicted molar refractivity (Wildman–Crippen MR) is 82.0 cm³/mol. The van der Waals surface area contributed by atoms with Crippen LogP contribution in [0.15, 0.2) is 29.0 Å². The van der Waals surface area contributed by atoms with Gasteiger partial charge >= 0.3 is 0 Å². The van der Waals surface area contributed by atoms with E-state index in [1.54, 1.807) is 6.26 Å². The van der Waals surface area contributed by atoms with Crippen molar-refractivity contribution in [2.24, 2.45) is 0 Å². The Balaban J connectivity index is 2.16. The van der Waals surface area contributed by atoms with Crippen molar-refractivity contribution in [3.8, 4) is 0 Å². The third-order valence-corrected chi connectivity index (χ3v) is 3.61. The van der Waals surface area contributed by atoms with E-state index in [9.17, 15) is 5.11 Å². The zero-order valence-electron chi connectivity index (χ0n) is 13.4. The van der Waals surface area contributed by atoms with Gasteiger partial charge in [-0.25, -0.2) is 0 Å². The van der Waals surface area contributed by atoms with Crippen molar-refractivity contribution in [1.82, 2.24) is 15.1 Å². The van der Waals surface area contributed by atoms with Crippen LogP contribution in [0.4, 0.5) is 0 Å². The number of aryl methyl sites for hydroxylation is 1. The molecule has 2 heterocycles. The van der Waals surface area contributed by atoms with E-state index >= 15 is 0 Å². The topological polar surface area (TPSA) is 63.2 Å². The quantitative estimate of drug-likeness (QED) is 0.889. The SMILES string of the molecule is Cc1nn(C(C)(C)C)cc1C(C)NC(CO)c1ccco1. The Morgan fingerprint density at radius 2 is 2.14 bits per heavy atom. The van der Waals surface area contributed by atoms with Crippen LogP contribution in [0.1, 0.15) is 56.8 Å². The van der Waals surface area contributed by atoms with Gasteiger partial charge in [-0.1, -0.05) is 0 Å². The molecule has 0 aliphatic rings. The van der Waals surface area contributed by atoms with Crippen molar-refractivity contribution >= 4 is 0 Å². The predicted octanol–water partition coefficient (Wildman–Crippen LogP) is 2.92. The highest BCUT2D eigenvalue weighted by Gasteiger charge is 2.22. The highest BCUT2D eigenvalue weighted by Crippen LogP contribution is 2.24. The molecule has 0 amide bonds. The number of aliphatic hydroxyl groups excluding tert-OH is 1. The molecule has 2 aromatic rings. The van der Waals surface area contributed by atoms with Crippen molar-refractivity contribution in [1.29, 1.82) is 0 Å². The van der Waals surface area contributed by atoms with E-state index in [1.807, 2.05) is 23.7 Å². The molecule has 0 aliphatic carbocycles. The van der Waals surface area contributed by atoms with E-state index in [1.165, 1.54) is 0 Å². The Kier molecular flexibility index (Phi) is 4.54. The lowest BCUT2D eigenvalue weighted by Gasteiger charge is -2.21. The van der Waals surface area contributed by atoms with Crippen molar-refractivity contribution in [3.05, 3.63) is 41.6 Å². The second-order valence-corrected chi connectivity index (χ2v) is 6.42. The van der Waals surface area contributed by atoms with E-state index in [2.05, 4.69) is 44.3 Å². The Morgan fingerprint density at radius 1 is 1.43 bits per heavy atom. The molecule has 5 heteroatoms. The fourth-order valence-corrected chi connectivity index (χ4v) is 2.35. The van der Waals surface area contributed by atoms with E-state index in [0.717, 1.165) is 17.0 Å². The Labute approximate surface area is 126 Å². The Morgan fingerprint density at radius 3 is 2.62 bits per heavy atom. The first-order valence-corrected chi connectivity index (χ1v) is 7.30. The van der Waals surface area contributed by atoms with E-state index < -0.39 is 0 Å². The summed E-state index contributed by atoms with van der Waals surface area (Å²) in [5, 5.41) is 17.5. The maximum atomic E-state index is 9.55. The molecule has 2 N–H and O–H groups in total. The Hall–Kier alpha value is -1.59. The average molecular weight is 291 g/mol. The van der Waals surface area contributed by atoms with Gasteiger partial charge in [-0.05, 0) is 46.8 Å². The monoisotopic (exact) mass is 291 g/mol. The summed E-state index contributed by atoms with van der Waals surface area (Å²) in [5.41, 5.74) is 2.09. The zero-order chi connectivity index (χ0) is 15.6. The van der Waals surface area contributed by atoms with Crippen LogP contribution in [0.25, 0.3) is 0 Å². The normalized spacial score (nSPS) is 15.1. The van der Waals surface area contributed by atoms with Gasteiger partial charge in [0.1, 0.15) is 5.76 Å². The molecule has 2 atom stereocenters. The van der Waals surface area contributed by atoms with Gasteiger partial charge in [0.05, 0.1) is 30.1 Å². The fraction of sp³-hybridized carbons (Fsp3) is 0.562. The minimum atomic E-state index is -0.215. The van der Waals surface area contributed by atoms with Crippen LogP contribution in [0.2, 0.25) is 0 Å². The van der Waals surface area contributed by atoms with Crippen molar-refractivity contribution in [3.63, 3.8) is 0 Å². The van der Waals surface area contributed by atoms with Crippen LogP contribution in [-0.4, -0.2) is 21.5 Å². The van der Waals surface area contributed by atoms with E-state index in [4.69, 9.17) is 4.42 Å². The minimum absolute atomic E-state index is 0.00961. The molecule has 0 fully saturated rings. The van der Waals surface area contributed by atoms with Gasteiger partial charge in [0, 0.05) is 17.8 Å². The zero-order valence-corrected chi connectivity index (χ0v) is 13.4. The highest BCUT2D eigenvalue weighted by atomic mass is 16.3. The van der Waals surface area contributed by atoms with Gasteiger partial charge in [-0.2, -0.15) is 5.10 Å². The van der Waals surface area contributed by atoms with Crippen molar-refractivity contribution in [2.45, 2.75) is 52.2 Å². The summed E-state index contributed by atoms with van der Waals surface area (Å²) in [6, 6.07) is 3.55. The molecule has 2 aromatic heterocycles. The molecule has 0 aliphatic heterocycles. The van der Waals surface area contributed by atoms with Crippen LogP contribution in [0, 0.1) is 6.92 Å². The molecule has 2 rings (SSSR count). The van der Waals surface area contributed by atoms with Gasteiger partial charge in [0.15, 0.2) is 0 Å². The largest absolute Gasteiger partial charge is 0.468 e. The van der Waals surface area contributed by atoms with Crippen LogP contribution >= 0.6 is 0 Å². The molecule has 0 radical (unpaired) electrons. The second-order valence-electron chi connectivity index (χ2n) is 6.42. The van der Waals surface area contributed by atoms with Crippen LogP contribution in [0.5, 0.6) is 0 Å². The molecule has 0 saturated heterocycles. The molecule has 5 nitrogen and oxygen atoms in total. The smallest absolute Gasteiger partial charge is 0.123 e. The summed E-state index contributed by atoms with van der Waals surface area (Å²) < 4.78 is 7.35. The Bertz CT molecular complexity index is 567. The van der Waals surface area contributed by atoms with Gasteiger partial charge in [0.2, 0.25) is 0 Å². The number of rotatable bonds is 5. The van der Waals surface area contributed by atoms with Crippen LogP contribution < -0.4 is 5.32 Å². The fourth-order valence-electron chi connectivity index (χ4n) is 2.35. The number of hydrogen-bond acceptors (Lipinski definition) is 4. The maximum Gasteiger partial charge on any atom is 0.123 e. The number of furan rings is 1. The summed E-state index contributed by atoms with van der Waals surface area (Å²) in [5.74, 6) is 0.741. The van der Waals surface area contributed by atoms with Crippen molar-refractivity contribution < 1.29 is 9.52 Å². The lowest BCUT2D eigenvalue weighted by atomic mass is 10.1. The average Bonchev–Trinajstić information content (AvgIpc) is 3.03. The van der Waals surface area contributed by atoms with Gasteiger partial charge in [0.25, 0.3) is 0 Å². The molecule has 21 heavy (non-hydrogen) atoms. The number of hydrogen-bond donors (Lipinski definition) is 2. The van der Waals surface area contributed by atoms with E-state index in [0.29, 0.717) is 0 Å². The lowest BCUT2D eigenvalue weighted by Crippen LogP contribution is -2.27. The molecule has 0 spiro atoms. The van der Waals surface area contributed by atoms with E-state index in [-0.39, 0.29) is 24.2 Å². The maximum absolute atomic E-state index is 9.55. The lowest BCUT2D eigenvalue weighted by molar-refractivity contribution is 0.217. The molecule has 0 bridgehead atoms. The summed E-state index contributed by atoms with van der Waals surface area (Å²) >= 11 is 0. The summed E-state index contributed by atoms with van der Waals surface area (Å²) in [6.45, 7) is 10.4. The third kappa shape index (κ3) is 3.54. The first kappa shape index (κ1) is 15.8. The standard InChI is InChI=1S/C16H25N3O2/c1-11(17-14(10-20)15-7-6-8-21-15)13-9-19(16(3,4)5)18-12(13)2/h6-9,11,14,17,20H,10H2,1-5H3. The summed E-state index contributed by atoms with van der Waals surface area (Å²) in [6.07, 6.45) is 3.69. The first-order chi connectivity index (χ1) is 9.82. The number of aliphatic hydroxyl groups is 1. The summed E-state index contributed by atoms with van der Waals surface area (Å²) in [7, 11) is 0. The molecule has 116 valence electrons. The first-order valence-electron chi connectivity index (χ1n) is 7.30. The molecule has 0 aromatic carbocycles. The number of nitrogens with one attached hydrogen (secondary N) is 1. The third-order valence-electron chi connectivity index (χ3n) is 3.61. The van der Waals surface area contributed by atoms with Crippen LogP contribution in [-0.2, 0) is 5.54 Å². The highest BCUT2D eigenvalue weighted by molar-refractivity contribution is 5.21. The van der Waals surface area contributed by atoms with Gasteiger partial charge < -0.3 is 9.52 Å². The van der Waals surface area contributed by atoms with Gasteiger partial charge in [-0.3, -0.25) is 10.00 Å². The number of nitrogens with zero attached hydrogens (tertiary/aromatic N) is 2. The second kappa shape index (κ2) is 6.03. The minimum Gasteiger partial charge on any atom is -0.468 e. The number of aromatic nitrogens is 2. The molecule has 0 saturated carbocycles. The molecule has 2 unspecified atom stereocenters. The molecular formula is C16H25N3O2. The van der Waals surface area contributed by atoms with Crippen molar-refractivity contribution in [2.75, 3.05) is 6.61 Å². The summed E-state index contributed by atoms with van der Waals surface area (Å²) in [4.78, 5) is 0. The molecular weight excluding hydrogens is 266 g/mol. The van der Waals surface area contributed by atoms with Crippen LogP contribution in [0.3, 0.4) is 0 Å².